The van der Waals surface area contributed by atoms with Crippen LogP contribution in [0, 0.1) is 13.8 Å². The average Bonchev–Trinajstić information content (AvgIpc) is 3.31. The smallest absolute Gasteiger partial charge is 0.253 e. The van der Waals surface area contributed by atoms with Gasteiger partial charge in [0.2, 0.25) is 0 Å². The molecule has 0 aliphatic carbocycles. The minimum absolute atomic E-state index is 0.0488. The zero-order valence-electron chi connectivity index (χ0n) is 18.2. The molecule has 1 amide bonds. The first-order valence-electron chi connectivity index (χ1n) is 10.8. The van der Waals surface area contributed by atoms with Crippen LogP contribution in [0.1, 0.15) is 26.5 Å². The Hall–Kier alpha value is -2.67. The molecule has 0 bridgehead atoms. The quantitative estimate of drug-likeness (QED) is 0.412. The van der Waals surface area contributed by atoms with E-state index in [1.165, 1.54) is 16.1 Å². The molecule has 1 saturated heterocycles. The minimum Gasteiger partial charge on any atom is -0.336 e. The standard InChI is InChI=1S/C25H25ClN4OS/c1-17-6-8-19(9-7-17)23-22(30-15-18(2)32-25(30)27-23)16-28-10-12-29(13-11-28)24(31)20-4-3-5-21(26)14-20/h3-9,14-15H,10-13,16H2,1-2H3. The molecule has 0 saturated carbocycles. The van der Waals surface area contributed by atoms with Crippen LogP contribution in [0.4, 0.5) is 0 Å². The fourth-order valence-electron chi connectivity index (χ4n) is 4.22. The molecule has 5 nitrogen and oxygen atoms in total. The molecule has 0 N–H and O–H groups in total. The van der Waals surface area contributed by atoms with Crippen molar-refractivity contribution in [1.29, 1.82) is 0 Å². The number of carbonyl (C=O) groups excluding carboxylic acids is 1. The summed E-state index contributed by atoms with van der Waals surface area (Å²) in [5.74, 6) is 0.0488. The van der Waals surface area contributed by atoms with Gasteiger partial charge >= 0.3 is 0 Å². The van der Waals surface area contributed by atoms with Crippen molar-refractivity contribution in [3.63, 3.8) is 0 Å². The van der Waals surface area contributed by atoms with Gasteiger partial charge in [-0.05, 0) is 32.0 Å². The maximum absolute atomic E-state index is 12.9. The number of nitrogens with zero attached hydrogens (tertiary/aromatic N) is 4. The van der Waals surface area contributed by atoms with Gasteiger partial charge in [-0.1, -0.05) is 47.5 Å². The third kappa shape index (κ3) is 4.18. The van der Waals surface area contributed by atoms with Crippen LogP contribution in [-0.4, -0.2) is 51.3 Å². The van der Waals surface area contributed by atoms with Gasteiger partial charge in [0.25, 0.3) is 5.91 Å². The Morgan fingerprint density at radius 2 is 1.81 bits per heavy atom. The summed E-state index contributed by atoms with van der Waals surface area (Å²) < 4.78 is 2.23. The zero-order chi connectivity index (χ0) is 22.2. The lowest BCUT2D eigenvalue weighted by Gasteiger charge is -2.34. The average molecular weight is 465 g/mol. The van der Waals surface area contributed by atoms with E-state index in [1.807, 2.05) is 17.0 Å². The number of imidazole rings is 1. The number of piperazine rings is 1. The van der Waals surface area contributed by atoms with Crippen LogP contribution in [0.15, 0.2) is 54.7 Å². The number of rotatable bonds is 4. The lowest BCUT2D eigenvalue weighted by molar-refractivity contribution is 0.0627. The molecule has 164 valence electrons. The van der Waals surface area contributed by atoms with Crippen molar-refractivity contribution in [2.75, 3.05) is 26.2 Å². The second kappa shape index (κ2) is 8.70. The van der Waals surface area contributed by atoms with E-state index in [0.717, 1.165) is 35.9 Å². The van der Waals surface area contributed by atoms with Gasteiger partial charge < -0.3 is 4.90 Å². The predicted octanol–water partition coefficient (Wildman–Crippen LogP) is 5.29. The number of amides is 1. The van der Waals surface area contributed by atoms with Gasteiger partial charge in [0.1, 0.15) is 0 Å². The van der Waals surface area contributed by atoms with Gasteiger partial charge in [-0.25, -0.2) is 4.98 Å². The normalized spacial score (nSPS) is 14.9. The van der Waals surface area contributed by atoms with Crippen molar-refractivity contribution in [2.24, 2.45) is 0 Å². The number of carbonyl (C=O) groups is 1. The van der Waals surface area contributed by atoms with E-state index in [1.54, 1.807) is 23.5 Å². The van der Waals surface area contributed by atoms with Gasteiger partial charge in [0.05, 0.1) is 11.4 Å². The van der Waals surface area contributed by atoms with Gasteiger partial charge in [-0.3, -0.25) is 14.1 Å². The molecule has 7 heteroatoms. The van der Waals surface area contributed by atoms with Crippen molar-refractivity contribution >= 4 is 33.8 Å². The molecule has 2 aromatic carbocycles. The number of halogens is 1. The van der Waals surface area contributed by atoms with Crippen LogP contribution < -0.4 is 0 Å². The Bertz CT molecular complexity index is 1270. The summed E-state index contributed by atoms with van der Waals surface area (Å²) >= 11 is 7.79. The molecular weight excluding hydrogens is 440 g/mol. The second-order valence-corrected chi connectivity index (χ2v) is 10.00. The van der Waals surface area contributed by atoms with Crippen LogP contribution in [0.5, 0.6) is 0 Å². The van der Waals surface area contributed by atoms with Crippen molar-refractivity contribution < 1.29 is 4.79 Å². The van der Waals surface area contributed by atoms with Gasteiger partial charge in [-0.2, -0.15) is 0 Å². The molecular formula is C25H25ClN4OS. The van der Waals surface area contributed by atoms with Crippen LogP contribution in [-0.2, 0) is 6.54 Å². The lowest BCUT2D eigenvalue weighted by Crippen LogP contribution is -2.48. The van der Waals surface area contributed by atoms with E-state index in [4.69, 9.17) is 16.6 Å². The molecule has 0 radical (unpaired) electrons. The molecule has 0 atom stereocenters. The predicted molar refractivity (Wildman–Crippen MR) is 131 cm³/mol. The van der Waals surface area contributed by atoms with Crippen molar-refractivity contribution in [3.8, 4) is 11.3 Å². The highest BCUT2D eigenvalue weighted by Crippen LogP contribution is 2.30. The fourth-order valence-corrected chi connectivity index (χ4v) is 5.25. The first kappa shape index (κ1) is 21.2. The van der Waals surface area contributed by atoms with Crippen molar-refractivity contribution in [2.45, 2.75) is 20.4 Å². The monoisotopic (exact) mass is 464 g/mol. The maximum atomic E-state index is 12.9. The summed E-state index contributed by atoms with van der Waals surface area (Å²) in [6.07, 6.45) is 2.18. The first-order chi connectivity index (χ1) is 15.5. The molecule has 5 rings (SSSR count). The molecule has 1 fully saturated rings. The van der Waals surface area contributed by atoms with E-state index in [9.17, 15) is 4.79 Å². The molecule has 2 aromatic heterocycles. The highest BCUT2D eigenvalue weighted by molar-refractivity contribution is 7.17. The van der Waals surface area contributed by atoms with Crippen LogP contribution in [0.2, 0.25) is 5.02 Å². The number of thiazole rings is 1. The summed E-state index contributed by atoms with van der Waals surface area (Å²) in [6, 6.07) is 15.8. The van der Waals surface area contributed by atoms with Crippen LogP contribution in [0.25, 0.3) is 16.2 Å². The molecule has 1 aliphatic heterocycles. The number of aryl methyl sites for hydroxylation is 2. The highest BCUT2D eigenvalue weighted by atomic mass is 35.5. The lowest BCUT2D eigenvalue weighted by atomic mass is 10.1. The van der Waals surface area contributed by atoms with Crippen LogP contribution >= 0.6 is 22.9 Å². The Balaban J connectivity index is 1.34. The number of benzene rings is 2. The number of hydrogen-bond donors (Lipinski definition) is 0. The molecule has 0 spiro atoms. The Morgan fingerprint density at radius 3 is 2.53 bits per heavy atom. The van der Waals surface area contributed by atoms with Crippen molar-refractivity contribution in [3.05, 3.63) is 81.4 Å². The SMILES string of the molecule is Cc1ccc(-c2nc3sc(C)cn3c2CN2CCN(C(=O)c3cccc(Cl)c3)CC2)cc1. The molecule has 4 aromatic rings. The Kier molecular flexibility index (Phi) is 5.76. The summed E-state index contributed by atoms with van der Waals surface area (Å²) in [6.45, 7) is 8.09. The Morgan fingerprint density at radius 1 is 1.06 bits per heavy atom. The van der Waals surface area contributed by atoms with Gasteiger partial charge in [-0.15, -0.1) is 11.3 Å². The fraction of sp³-hybridized carbons (Fsp3) is 0.280. The first-order valence-corrected chi connectivity index (χ1v) is 12.0. The maximum Gasteiger partial charge on any atom is 0.253 e. The summed E-state index contributed by atoms with van der Waals surface area (Å²) in [5, 5.41) is 0.592. The van der Waals surface area contributed by atoms with E-state index < -0.39 is 0 Å². The Labute approximate surface area is 196 Å². The van der Waals surface area contributed by atoms with E-state index in [2.05, 4.69) is 53.6 Å². The number of fused-ring (bicyclic) bond motifs is 1. The van der Waals surface area contributed by atoms with Gasteiger partial charge in [0.15, 0.2) is 4.96 Å². The minimum atomic E-state index is 0.0488. The van der Waals surface area contributed by atoms with Gasteiger partial charge in [0, 0.05) is 59.9 Å². The molecule has 0 unspecified atom stereocenters. The van der Waals surface area contributed by atoms with Crippen molar-refractivity contribution in [1.82, 2.24) is 19.2 Å². The van der Waals surface area contributed by atoms with Crippen LogP contribution in [0.3, 0.4) is 0 Å². The van der Waals surface area contributed by atoms with E-state index >= 15 is 0 Å². The molecule has 32 heavy (non-hydrogen) atoms. The zero-order valence-corrected chi connectivity index (χ0v) is 19.8. The summed E-state index contributed by atoms with van der Waals surface area (Å²) in [5.41, 5.74) is 5.30. The molecule has 1 aliphatic rings. The summed E-state index contributed by atoms with van der Waals surface area (Å²) in [4.78, 5) is 24.4. The number of aromatic nitrogens is 2. The third-order valence-corrected chi connectivity index (χ3v) is 7.10. The summed E-state index contributed by atoms with van der Waals surface area (Å²) in [7, 11) is 0. The molecule has 3 heterocycles. The highest BCUT2D eigenvalue weighted by Gasteiger charge is 2.25. The second-order valence-electron chi connectivity index (χ2n) is 8.35. The third-order valence-electron chi connectivity index (χ3n) is 5.97. The largest absolute Gasteiger partial charge is 0.336 e. The van der Waals surface area contributed by atoms with E-state index in [0.29, 0.717) is 23.7 Å². The topological polar surface area (TPSA) is 40.9 Å². The number of hydrogen-bond acceptors (Lipinski definition) is 4. The van der Waals surface area contributed by atoms with E-state index in [-0.39, 0.29) is 5.91 Å².